The molecule has 14 heteroatoms. The lowest BCUT2D eigenvalue weighted by molar-refractivity contribution is 0.0981. The van der Waals surface area contributed by atoms with Crippen molar-refractivity contribution in [2.24, 2.45) is 0 Å². The lowest BCUT2D eigenvalue weighted by Gasteiger charge is -2.42. The van der Waals surface area contributed by atoms with Crippen molar-refractivity contribution in [3.05, 3.63) is 46.8 Å². The van der Waals surface area contributed by atoms with Crippen LogP contribution >= 0.6 is 23.1 Å². The van der Waals surface area contributed by atoms with Gasteiger partial charge in [0.05, 0.1) is 28.1 Å². The number of nitrogens with zero attached hydrogens (tertiary/aromatic N) is 8. The Kier molecular flexibility index (Phi) is 9.08. The predicted octanol–water partition coefficient (Wildman–Crippen LogP) is 5.41. The number of piperazine rings is 1. The summed E-state index contributed by atoms with van der Waals surface area (Å²) >= 11 is 3.59. The van der Waals surface area contributed by atoms with Crippen LogP contribution in [0.4, 0.5) is 29.0 Å². The van der Waals surface area contributed by atoms with Crippen molar-refractivity contribution in [1.29, 1.82) is 0 Å². The van der Waals surface area contributed by atoms with Gasteiger partial charge in [-0.15, -0.1) is 0 Å². The lowest BCUT2D eigenvalue weighted by Crippen LogP contribution is -2.52. The first-order valence-corrected chi connectivity index (χ1v) is 19.7. The van der Waals surface area contributed by atoms with E-state index in [4.69, 9.17) is 14.7 Å². The second-order valence-electron chi connectivity index (χ2n) is 13.2. The summed E-state index contributed by atoms with van der Waals surface area (Å²) in [5.41, 5.74) is 3.95. The summed E-state index contributed by atoms with van der Waals surface area (Å²) in [6.07, 6.45) is 9.57. The summed E-state index contributed by atoms with van der Waals surface area (Å²) in [5.74, 6) is 2.96. The number of hydrogen-bond donors (Lipinski definition) is 2. The van der Waals surface area contributed by atoms with Gasteiger partial charge in [0, 0.05) is 69.5 Å². The van der Waals surface area contributed by atoms with Gasteiger partial charge in [0.25, 0.3) is 0 Å². The van der Waals surface area contributed by atoms with Crippen LogP contribution < -0.4 is 25.6 Å². The van der Waals surface area contributed by atoms with Gasteiger partial charge in [0.15, 0.2) is 0 Å². The number of likely N-dealkylation sites (N-methyl/N-ethyl adjacent to an activating group) is 1. The fourth-order valence-electron chi connectivity index (χ4n) is 6.76. The zero-order valence-electron chi connectivity index (χ0n) is 27.4. The van der Waals surface area contributed by atoms with Crippen LogP contribution in [0.5, 0.6) is 5.88 Å². The topological polar surface area (TPSA) is 125 Å². The van der Waals surface area contributed by atoms with Crippen LogP contribution in [0.15, 0.2) is 41.3 Å². The number of benzene rings is 1. The number of piperidine rings is 1. The molecule has 2 aliphatic heterocycles. The fraction of sp³-hybridized carbons (Fsp3) is 0.485. The number of ether oxygens (including phenoxy) is 1. The van der Waals surface area contributed by atoms with Crippen molar-refractivity contribution in [3.63, 3.8) is 0 Å². The Morgan fingerprint density at radius 3 is 2.36 bits per heavy atom. The molecule has 47 heavy (non-hydrogen) atoms. The van der Waals surface area contributed by atoms with Gasteiger partial charge in [0.2, 0.25) is 11.8 Å². The molecule has 2 saturated heterocycles. The third-order valence-corrected chi connectivity index (χ3v) is 11.5. The Morgan fingerprint density at radius 1 is 0.915 bits per heavy atom. The minimum Gasteiger partial charge on any atom is -0.479 e. The summed E-state index contributed by atoms with van der Waals surface area (Å²) in [5, 5.41) is 7.39. The van der Waals surface area contributed by atoms with Gasteiger partial charge >= 0.3 is 0 Å². The van der Waals surface area contributed by atoms with Gasteiger partial charge in [0.1, 0.15) is 30.0 Å². The molecular formula is C33H42BrN10O2P. The molecule has 3 aliphatic rings. The molecule has 7 rings (SSSR count). The van der Waals surface area contributed by atoms with Crippen molar-refractivity contribution < 1.29 is 9.30 Å². The van der Waals surface area contributed by atoms with E-state index in [1.165, 1.54) is 5.56 Å². The highest BCUT2D eigenvalue weighted by atomic mass is 79.9. The van der Waals surface area contributed by atoms with Gasteiger partial charge < -0.3 is 29.7 Å². The Labute approximate surface area is 284 Å². The van der Waals surface area contributed by atoms with Crippen molar-refractivity contribution in [2.75, 3.05) is 82.3 Å². The van der Waals surface area contributed by atoms with Crippen LogP contribution in [0.3, 0.4) is 0 Å². The molecule has 1 aromatic carbocycles. The van der Waals surface area contributed by atoms with Crippen LogP contribution in [-0.4, -0.2) is 108 Å². The zero-order valence-corrected chi connectivity index (χ0v) is 29.9. The number of methoxy groups -OCH3 is 1. The van der Waals surface area contributed by atoms with Crippen LogP contribution in [0.1, 0.15) is 37.2 Å². The second kappa shape index (κ2) is 13.3. The molecule has 248 valence electrons. The summed E-state index contributed by atoms with van der Waals surface area (Å²) in [6, 6.07) is 6.55. The number of fused-ring (bicyclic) bond motifs is 1. The van der Waals surface area contributed by atoms with Gasteiger partial charge in [-0.05, 0) is 86.1 Å². The molecular weight excluding hydrogens is 679 g/mol. The first kappa shape index (κ1) is 32.2. The van der Waals surface area contributed by atoms with E-state index in [2.05, 4.69) is 69.3 Å². The molecule has 0 atom stereocenters. The van der Waals surface area contributed by atoms with E-state index in [0.717, 1.165) is 76.5 Å². The molecule has 0 radical (unpaired) electrons. The maximum Gasteiger partial charge on any atom is 0.239 e. The van der Waals surface area contributed by atoms with Crippen LogP contribution in [0, 0.1) is 0 Å². The minimum absolute atomic E-state index is 0.386. The first-order chi connectivity index (χ1) is 22.7. The molecule has 0 unspecified atom stereocenters. The largest absolute Gasteiger partial charge is 0.479 e. The van der Waals surface area contributed by atoms with Crippen molar-refractivity contribution >= 4 is 68.4 Å². The average Bonchev–Trinajstić information content (AvgIpc) is 3.92. The van der Waals surface area contributed by atoms with Crippen molar-refractivity contribution in [1.82, 2.24) is 34.7 Å². The lowest BCUT2D eigenvalue weighted by atomic mass is 10.0. The summed E-state index contributed by atoms with van der Waals surface area (Å²) < 4.78 is 19.9. The number of pyridine rings is 1. The number of halogens is 1. The van der Waals surface area contributed by atoms with E-state index in [0.29, 0.717) is 56.1 Å². The molecule has 3 aromatic heterocycles. The van der Waals surface area contributed by atoms with Gasteiger partial charge in [-0.3, -0.25) is 14.9 Å². The Morgan fingerprint density at radius 2 is 1.66 bits per heavy atom. The van der Waals surface area contributed by atoms with Gasteiger partial charge in [-0.1, -0.05) is 0 Å². The van der Waals surface area contributed by atoms with Crippen LogP contribution in [0.2, 0.25) is 0 Å². The number of aromatic nitrogens is 5. The Balaban J connectivity index is 1.13. The highest BCUT2D eigenvalue weighted by Gasteiger charge is 2.33. The number of hydrogen-bond acceptors (Lipinski definition) is 12. The number of rotatable bonds is 9. The average molecular weight is 722 g/mol. The highest BCUT2D eigenvalue weighted by Crippen LogP contribution is 2.47. The van der Waals surface area contributed by atoms with E-state index in [1.807, 2.05) is 12.1 Å². The second-order valence-corrected chi connectivity index (χ2v) is 17.2. The summed E-state index contributed by atoms with van der Waals surface area (Å²) in [6.45, 7) is 10.1. The molecule has 0 amide bonds. The smallest absolute Gasteiger partial charge is 0.239 e. The predicted molar refractivity (Wildman–Crippen MR) is 192 cm³/mol. The van der Waals surface area contributed by atoms with Gasteiger partial charge in [-0.2, -0.15) is 9.97 Å². The van der Waals surface area contributed by atoms with E-state index in [1.54, 1.807) is 39.0 Å². The summed E-state index contributed by atoms with van der Waals surface area (Å²) in [7, 11) is 1.13. The number of nitrogens with one attached hydrogen (secondary N) is 2. The SMILES string of the molecule is COc1nc(N2CCC(N3CCN(C)CC3)CC2)c(C2CC2)cc1Nc1ncc(Br)c(Nc2ccc3nccnc3c2P(C)(C)=O)n1. The minimum atomic E-state index is -2.74. The Hall–Kier alpha value is -3.38. The van der Waals surface area contributed by atoms with Crippen molar-refractivity contribution in [2.45, 2.75) is 37.6 Å². The first-order valence-electron chi connectivity index (χ1n) is 16.3. The molecule has 0 bridgehead atoms. The third kappa shape index (κ3) is 6.95. The molecule has 5 heterocycles. The molecule has 0 spiro atoms. The Bertz CT molecular complexity index is 1820. The normalized spacial score (nSPS) is 18.4. The standard InChI is InChI=1S/C33H42BrN10O2P/c1-42-15-17-43(18-16-42)22-9-13-44(14-10-22)31-23(21-5-6-21)19-27(32(41-31)46-2)39-33-37-20-24(34)30(40-33)38-26-8-7-25-28(36-12-11-35-25)29(26)47(3,4)45/h7-8,11-12,19-22H,5-6,9-10,13-18H2,1-4H3,(H2,37,38,39,40). The molecule has 4 aromatic rings. The zero-order chi connectivity index (χ0) is 32.7. The van der Waals surface area contributed by atoms with E-state index in [-0.39, 0.29) is 0 Å². The fourth-order valence-corrected chi connectivity index (χ4v) is 8.44. The van der Waals surface area contributed by atoms with Gasteiger partial charge in [-0.25, -0.2) is 4.98 Å². The third-order valence-electron chi connectivity index (χ3n) is 9.42. The van der Waals surface area contributed by atoms with E-state index in [9.17, 15) is 4.57 Å². The maximum absolute atomic E-state index is 13.4. The quantitative estimate of drug-likeness (QED) is 0.215. The van der Waals surface area contributed by atoms with Crippen molar-refractivity contribution in [3.8, 4) is 5.88 Å². The van der Waals surface area contributed by atoms with E-state index >= 15 is 0 Å². The summed E-state index contributed by atoms with van der Waals surface area (Å²) in [4.78, 5) is 30.9. The van der Waals surface area contributed by atoms with Crippen LogP contribution in [0.25, 0.3) is 11.0 Å². The molecule has 3 fully saturated rings. The molecule has 1 saturated carbocycles. The number of anilines is 5. The van der Waals surface area contributed by atoms with E-state index < -0.39 is 7.14 Å². The molecule has 12 nitrogen and oxygen atoms in total. The highest BCUT2D eigenvalue weighted by molar-refractivity contribution is 9.10. The monoisotopic (exact) mass is 720 g/mol. The van der Waals surface area contributed by atoms with Crippen LogP contribution in [-0.2, 0) is 4.57 Å². The molecule has 2 N–H and O–H groups in total. The maximum atomic E-state index is 13.4. The molecule has 1 aliphatic carbocycles.